The number of amides is 1. The van der Waals surface area contributed by atoms with Gasteiger partial charge in [-0.3, -0.25) is 4.84 Å². The topological polar surface area (TPSA) is 41.9 Å². The van der Waals surface area contributed by atoms with Crippen LogP contribution in [0.2, 0.25) is 0 Å². The molecule has 0 fully saturated rings. The maximum Gasteiger partial charge on any atom is 0.446 e. The summed E-state index contributed by atoms with van der Waals surface area (Å²) in [5.41, 5.74) is 1.11. The molecule has 0 aromatic heterocycles. The summed E-state index contributed by atoms with van der Waals surface area (Å²) in [6, 6.07) is 7.87. The zero-order valence-electron chi connectivity index (χ0n) is 12.4. The molecule has 20 heavy (non-hydrogen) atoms. The Morgan fingerprint density at radius 2 is 2.05 bits per heavy atom. The van der Waals surface area contributed by atoms with Gasteiger partial charge in [-0.15, -0.1) is 0 Å². The lowest BCUT2D eigenvalue weighted by Gasteiger charge is -2.16. The van der Waals surface area contributed by atoms with Crippen LogP contribution in [0.5, 0.6) is 0 Å². The lowest BCUT2D eigenvalue weighted by Crippen LogP contribution is -2.21. The van der Waals surface area contributed by atoms with Crippen molar-refractivity contribution in [1.82, 2.24) is 4.31 Å². The van der Waals surface area contributed by atoms with E-state index >= 15 is 0 Å². The molecule has 0 radical (unpaired) electrons. The Bertz CT molecular complexity index is 490. The molecule has 1 rings (SSSR count). The first-order valence-electron chi connectivity index (χ1n) is 6.13. The number of nitrogens with zero attached hydrogens (tertiary/aromatic N) is 2. The van der Waals surface area contributed by atoms with E-state index < -0.39 is 6.09 Å². The van der Waals surface area contributed by atoms with Gasteiger partial charge in [0.05, 0.1) is 6.21 Å². The highest BCUT2D eigenvalue weighted by atomic mass is 32.2. The predicted molar refractivity (Wildman–Crippen MR) is 87.4 cm³/mol. The average molecular weight is 312 g/mol. The molecule has 0 saturated carbocycles. The van der Waals surface area contributed by atoms with Gasteiger partial charge in [-0.05, 0) is 50.6 Å². The van der Waals surface area contributed by atoms with E-state index in [4.69, 9.17) is 4.84 Å². The van der Waals surface area contributed by atoms with Gasteiger partial charge in [-0.25, -0.2) is 9.10 Å². The van der Waals surface area contributed by atoms with Crippen molar-refractivity contribution < 1.29 is 9.63 Å². The second-order valence-electron chi connectivity index (χ2n) is 4.75. The summed E-state index contributed by atoms with van der Waals surface area (Å²) >= 11 is 2.95. The van der Waals surface area contributed by atoms with Crippen molar-refractivity contribution >= 4 is 36.0 Å². The third-order valence-corrected chi connectivity index (χ3v) is 4.84. The molecule has 0 saturated heterocycles. The molecule has 1 aromatic rings. The van der Waals surface area contributed by atoms with Gasteiger partial charge in [-0.2, -0.15) is 11.8 Å². The zero-order chi connectivity index (χ0) is 15.2. The third-order valence-electron chi connectivity index (χ3n) is 2.61. The molecule has 1 aromatic carbocycles. The number of benzene rings is 1. The summed E-state index contributed by atoms with van der Waals surface area (Å²) in [6.45, 7) is 6.00. The molecule has 0 aliphatic heterocycles. The SMILES string of the molecule is CSC(C)(C)/C=N/OC(=O)N(C)Sc1ccccc1C. The number of carbonyl (C=O) groups excluding carboxylic acids is 1. The Kier molecular flexibility index (Phi) is 6.42. The maximum atomic E-state index is 11.8. The molecule has 0 heterocycles. The van der Waals surface area contributed by atoms with Crippen molar-refractivity contribution in [1.29, 1.82) is 0 Å². The fraction of sp³-hybridized carbons (Fsp3) is 0.429. The van der Waals surface area contributed by atoms with Crippen LogP contribution in [0.3, 0.4) is 0 Å². The number of hydrogen-bond acceptors (Lipinski definition) is 5. The minimum Gasteiger partial charge on any atom is -0.298 e. The van der Waals surface area contributed by atoms with E-state index in [9.17, 15) is 4.79 Å². The molecule has 0 aliphatic rings. The van der Waals surface area contributed by atoms with Gasteiger partial charge in [0.15, 0.2) is 0 Å². The van der Waals surface area contributed by atoms with Crippen molar-refractivity contribution in [3.05, 3.63) is 29.8 Å². The zero-order valence-corrected chi connectivity index (χ0v) is 14.0. The van der Waals surface area contributed by atoms with Crippen LogP contribution in [0.15, 0.2) is 34.3 Å². The number of oxime groups is 1. The van der Waals surface area contributed by atoms with Crippen molar-refractivity contribution in [3.8, 4) is 0 Å². The number of rotatable bonds is 5. The summed E-state index contributed by atoms with van der Waals surface area (Å²) in [7, 11) is 1.66. The van der Waals surface area contributed by atoms with Gasteiger partial charge in [0.1, 0.15) is 0 Å². The molecule has 0 atom stereocenters. The first kappa shape index (κ1) is 16.9. The summed E-state index contributed by atoms with van der Waals surface area (Å²) < 4.78 is 1.27. The van der Waals surface area contributed by atoms with Crippen LogP contribution < -0.4 is 0 Å². The molecule has 1 amide bonds. The maximum absolute atomic E-state index is 11.8. The van der Waals surface area contributed by atoms with E-state index in [1.807, 2.05) is 51.3 Å². The van der Waals surface area contributed by atoms with Crippen LogP contribution >= 0.6 is 23.7 Å². The minimum atomic E-state index is -0.494. The van der Waals surface area contributed by atoms with Gasteiger partial charge in [0.2, 0.25) is 0 Å². The molecule has 110 valence electrons. The third kappa shape index (κ3) is 5.46. The first-order valence-corrected chi connectivity index (χ1v) is 8.13. The van der Waals surface area contributed by atoms with Crippen LogP contribution in [0.4, 0.5) is 4.79 Å². The largest absolute Gasteiger partial charge is 0.446 e. The van der Waals surface area contributed by atoms with E-state index in [1.165, 1.54) is 16.3 Å². The second kappa shape index (κ2) is 7.59. The Morgan fingerprint density at radius 1 is 1.40 bits per heavy atom. The van der Waals surface area contributed by atoms with Gasteiger partial charge in [-0.1, -0.05) is 23.4 Å². The summed E-state index contributed by atoms with van der Waals surface area (Å²) in [4.78, 5) is 17.7. The smallest absolute Gasteiger partial charge is 0.298 e. The standard InChI is InChI=1S/C14H20N2O2S2/c1-11-8-6-7-9-12(11)20-16(4)13(17)18-15-10-14(2,3)19-5/h6-10H,1-5H3/b15-10+. The quantitative estimate of drug-likeness (QED) is 0.354. The molecular formula is C14H20N2O2S2. The number of aryl methyl sites for hydroxylation is 1. The van der Waals surface area contributed by atoms with Crippen molar-refractivity contribution in [3.63, 3.8) is 0 Å². The molecule has 0 aliphatic carbocycles. The predicted octanol–water partition coefficient (Wildman–Crippen LogP) is 4.20. The second-order valence-corrected chi connectivity index (χ2v) is 7.38. The normalized spacial score (nSPS) is 11.7. The van der Waals surface area contributed by atoms with Crippen LogP contribution in [-0.2, 0) is 4.84 Å². The highest BCUT2D eigenvalue weighted by molar-refractivity contribution is 8.00. The van der Waals surface area contributed by atoms with E-state index in [0.29, 0.717) is 0 Å². The summed E-state index contributed by atoms with van der Waals surface area (Å²) in [5.74, 6) is 0. The highest BCUT2D eigenvalue weighted by Crippen LogP contribution is 2.25. The van der Waals surface area contributed by atoms with E-state index in [-0.39, 0.29) is 4.75 Å². The van der Waals surface area contributed by atoms with Crippen LogP contribution in [-0.4, -0.2) is 34.7 Å². The molecule has 0 spiro atoms. The molecular weight excluding hydrogens is 292 g/mol. The fourth-order valence-electron chi connectivity index (χ4n) is 1.15. The molecule has 0 bridgehead atoms. The van der Waals surface area contributed by atoms with Crippen LogP contribution in [0.1, 0.15) is 19.4 Å². The van der Waals surface area contributed by atoms with Gasteiger partial charge in [0, 0.05) is 16.7 Å². The van der Waals surface area contributed by atoms with Gasteiger partial charge >= 0.3 is 6.09 Å². The van der Waals surface area contributed by atoms with Crippen molar-refractivity contribution in [2.24, 2.45) is 5.16 Å². The first-order chi connectivity index (χ1) is 9.35. The van der Waals surface area contributed by atoms with Gasteiger partial charge in [0.25, 0.3) is 0 Å². The number of hydrogen-bond donors (Lipinski definition) is 0. The Labute approximate surface area is 129 Å². The molecule has 6 heteroatoms. The lowest BCUT2D eigenvalue weighted by molar-refractivity contribution is 0.137. The summed E-state index contributed by atoms with van der Waals surface area (Å²) in [5, 5.41) is 3.75. The van der Waals surface area contributed by atoms with Gasteiger partial charge < -0.3 is 0 Å². The van der Waals surface area contributed by atoms with E-state index in [2.05, 4.69) is 5.16 Å². The molecule has 4 nitrogen and oxygen atoms in total. The van der Waals surface area contributed by atoms with Crippen LogP contribution in [0, 0.1) is 6.92 Å². The van der Waals surface area contributed by atoms with Crippen molar-refractivity contribution in [2.45, 2.75) is 30.4 Å². The molecule has 0 unspecified atom stereocenters. The number of carbonyl (C=O) groups is 1. The van der Waals surface area contributed by atoms with Crippen LogP contribution in [0.25, 0.3) is 0 Å². The lowest BCUT2D eigenvalue weighted by atomic mass is 10.2. The average Bonchev–Trinajstić information content (AvgIpc) is 2.41. The van der Waals surface area contributed by atoms with E-state index in [0.717, 1.165) is 10.5 Å². The Morgan fingerprint density at radius 3 is 2.65 bits per heavy atom. The fourth-order valence-corrected chi connectivity index (χ4v) is 2.06. The monoisotopic (exact) mass is 312 g/mol. The number of thioether (sulfide) groups is 1. The Balaban J connectivity index is 2.54. The highest BCUT2D eigenvalue weighted by Gasteiger charge is 2.15. The Hall–Kier alpha value is -1.14. The minimum absolute atomic E-state index is 0.151. The van der Waals surface area contributed by atoms with Crippen molar-refractivity contribution in [2.75, 3.05) is 13.3 Å². The summed E-state index contributed by atoms with van der Waals surface area (Å²) in [6.07, 6.45) is 3.11. The molecule has 0 N–H and O–H groups in total. The van der Waals surface area contributed by atoms with E-state index in [1.54, 1.807) is 25.0 Å².